The van der Waals surface area contributed by atoms with Crippen LogP contribution >= 0.6 is 11.6 Å². The Labute approximate surface area is 223 Å². The average Bonchev–Trinajstić information content (AvgIpc) is 2.85. The van der Waals surface area contributed by atoms with E-state index in [1.165, 1.54) is 45.4 Å². The Morgan fingerprint density at radius 3 is 2.61 bits per heavy atom. The molecular formula is C23H29ClF3N7O3S. The fourth-order valence-electron chi connectivity index (χ4n) is 3.72. The van der Waals surface area contributed by atoms with Crippen LogP contribution in [0.5, 0.6) is 5.75 Å². The van der Waals surface area contributed by atoms with E-state index in [-0.39, 0.29) is 34.1 Å². The van der Waals surface area contributed by atoms with Crippen molar-refractivity contribution < 1.29 is 26.3 Å². The van der Waals surface area contributed by atoms with Gasteiger partial charge in [-0.1, -0.05) is 17.7 Å². The zero-order chi connectivity index (χ0) is 28.1. The second kappa shape index (κ2) is 12.2. The van der Waals surface area contributed by atoms with Crippen molar-refractivity contribution in [1.82, 2.24) is 15.3 Å². The summed E-state index contributed by atoms with van der Waals surface area (Å²) in [7, 11) is -2.43. The van der Waals surface area contributed by atoms with Gasteiger partial charge in [-0.15, -0.1) is 13.2 Å². The molecule has 5 N–H and O–H groups in total. The summed E-state index contributed by atoms with van der Waals surface area (Å²) in [6, 6.07) is 4.55. The number of allylic oxidation sites excluding steroid dienone is 1. The smallest absolute Gasteiger partial charge is 0.404 e. The van der Waals surface area contributed by atoms with Gasteiger partial charge in [0.15, 0.2) is 26.4 Å². The number of hydrogen-bond acceptors (Lipinski definition) is 10. The van der Waals surface area contributed by atoms with E-state index < -0.39 is 32.2 Å². The maximum absolute atomic E-state index is 13.2. The van der Waals surface area contributed by atoms with Crippen LogP contribution in [0.15, 0.2) is 40.1 Å². The van der Waals surface area contributed by atoms with Gasteiger partial charge >= 0.3 is 6.36 Å². The molecular weight excluding hydrogens is 547 g/mol. The molecule has 0 atom stereocenters. The van der Waals surface area contributed by atoms with Gasteiger partial charge in [0.1, 0.15) is 5.02 Å². The van der Waals surface area contributed by atoms with Gasteiger partial charge < -0.3 is 26.4 Å². The molecule has 0 saturated carbocycles. The first-order valence-electron chi connectivity index (χ1n) is 11.6. The molecule has 0 amide bonds. The number of hydrogen-bond donors (Lipinski definition) is 4. The lowest BCUT2D eigenvalue weighted by molar-refractivity contribution is -0.274. The minimum absolute atomic E-state index is 0.000295. The van der Waals surface area contributed by atoms with E-state index in [1.54, 1.807) is 6.07 Å². The molecule has 1 aromatic carbocycles. The maximum Gasteiger partial charge on any atom is 0.573 e. The number of aliphatic imine (C=N–C) groups is 1. The average molecular weight is 576 g/mol. The first-order valence-corrected chi connectivity index (χ1v) is 13.6. The molecule has 1 aromatic heterocycles. The molecule has 0 bridgehead atoms. The zero-order valence-corrected chi connectivity index (χ0v) is 22.5. The predicted octanol–water partition coefficient (Wildman–Crippen LogP) is 4.30. The Hall–Kier alpha value is -3.10. The minimum atomic E-state index is -4.92. The summed E-state index contributed by atoms with van der Waals surface area (Å²) in [5.74, 6) is -0.517. The maximum atomic E-state index is 13.2. The van der Waals surface area contributed by atoms with E-state index in [9.17, 15) is 21.6 Å². The van der Waals surface area contributed by atoms with Crippen LogP contribution in [-0.2, 0) is 9.84 Å². The van der Waals surface area contributed by atoms with E-state index in [0.717, 1.165) is 31.5 Å². The van der Waals surface area contributed by atoms with Crippen molar-refractivity contribution in [3.63, 3.8) is 0 Å². The molecule has 1 saturated heterocycles. The summed E-state index contributed by atoms with van der Waals surface area (Å²) in [6.07, 6.45) is -0.952. The van der Waals surface area contributed by atoms with Crippen molar-refractivity contribution in [1.29, 1.82) is 0 Å². The molecule has 38 heavy (non-hydrogen) atoms. The van der Waals surface area contributed by atoms with Crippen molar-refractivity contribution in [3.05, 3.63) is 45.7 Å². The molecule has 0 spiro atoms. The Morgan fingerprint density at radius 1 is 1.32 bits per heavy atom. The number of benzene rings is 1. The lowest BCUT2D eigenvalue weighted by Crippen LogP contribution is -2.26. The molecule has 208 valence electrons. The fourth-order valence-corrected chi connectivity index (χ4v) is 4.77. The van der Waals surface area contributed by atoms with Gasteiger partial charge in [-0.3, -0.25) is 4.99 Å². The van der Waals surface area contributed by atoms with Gasteiger partial charge in [0, 0.05) is 13.3 Å². The van der Waals surface area contributed by atoms with Gasteiger partial charge in [0.2, 0.25) is 5.95 Å². The number of nitrogens with two attached hydrogens (primary N) is 1. The molecule has 0 aliphatic carbocycles. The highest BCUT2D eigenvalue weighted by Gasteiger charge is 2.33. The number of nitrogens with zero attached hydrogens (tertiary/aromatic N) is 3. The molecule has 10 nitrogen and oxygen atoms in total. The summed E-state index contributed by atoms with van der Waals surface area (Å²) < 4.78 is 69.0. The van der Waals surface area contributed by atoms with Gasteiger partial charge in [-0.25, -0.2) is 13.4 Å². The number of aromatic nitrogens is 2. The van der Waals surface area contributed by atoms with E-state index in [1.807, 2.05) is 0 Å². The quantitative estimate of drug-likeness (QED) is 0.322. The first kappa shape index (κ1) is 29.5. The second-order valence-electron chi connectivity index (χ2n) is 8.73. The Balaban J connectivity index is 1.96. The number of sulfone groups is 1. The highest BCUT2D eigenvalue weighted by Crippen LogP contribution is 2.37. The van der Waals surface area contributed by atoms with Crippen LogP contribution in [-0.4, -0.2) is 56.3 Å². The van der Waals surface area contributed by atoms with Crippen molar-refractivity contribution >= 4 is 45.1 Å². The predicted molar refractivity (Wildman–Crippen MR) is 142 cm³/mol. The van der Waals surface area contributed by atoms with Crippen LogP contribution in [0.2, 0.25) is 5.02 Å². The molecule has 2 aromatic rings. The van der Waals surface area contributed by atoms with Gasteiger partial charge in [0.25, 0.3) is 0 Å². The molecule has 0 unspecified atom stereocenters. The number of anilines is 3. The highest BCUT2D eigenvalue weighted by atomic mass is 35.5. The number of nitrogens with one attached hydrogen (secondary N) is 3. The molecule has 2 heterocycles. The monoisotopic (exact) mass is 575 g/mol. The minimum Gasteiger partial charge on any atom is -0.404 e. The van der Waals surface area contributed by atoms with E-state index in [4.69, 9.17) is 17.3 Å². The second-order valence-corrected chi connectivity index (χ2v) is 11.6. The van der Waals surface area contributed by atoms with E-state index in [2.05, 4.69) is 35.6 Å². The van der Waals surface area contributed by atoms with Crippen molar-refractivity contribution in [2.24, 2.45) is 10.7 Å². The summed E-state index contributed by atoms with van der Waals surface area (Å²) in [6.45, 7) is 4.49. The molecule has 1 aliphatic heterocycles. The van der Waals surface area contributed by atoms with Gasteiger partial charge in [-0.2, -0.15) is 4.98 Å². The van der Waals surface area contributed by atoms with Crippen LogP contribution in [0.25, 0.3) is 0 Å². The molecule has 15 heteroatoms. The number of alkyl halides is 3. The summed E-state index contributed by atoms with van der Waals surface area (Å²) in [5, 5.41) is 7.39. The van der Waals surface area contributed by atoms with Crippen LogP contribution in [0.3, 0.4) is 0 Å². The van der Waals surface area contributed by atoms with Crippen molar-refractivity contribution in [2.75, 3.05) is 30.8 Å². The molecule has 1 fully saturated rings. The SMILES string of the molecule is CN=CC(Nc1nc(Nc2ccc(C3CCNCC3)cc2OC(F)(F)F)ncc1Cl)=C(N)S(=O)(=O)C(C)C. The van der Waals surface area contributed by atoms with E-state index in [0.29, 0.717) is 0 Å². The van der Waals surface area contributed by atoms with Crippen molar-refractivity contribution in [2.45, 2.75) is 44.2 Å². The lowest BCUT2D eigenvalue weighted by atomic mass is 9.90. The summed E-state index contributed by atoms with van der Waals surface area (Å²) in [5.41, 5.74) is 6.52. The highest BCUT2D eigenvalue weighted by molar-refractivity contribution is 7.95. The molecule has 0 radical (unpaired) electrons. The third-order valence-corrected chi connectivity index (χ3v) is 8.09. The number of rotatable bonds is 9. The van der Waals surface area contributed by atoms with Crippen LogP contribution < -0.4 is 26.4 Å². The lowest BCUT2D eigenvalue weighted by Gasteiger charge is -2.24. The van der Waals surface area contributed by atoms with Gasteiger partial charge in [-0.05, 0) is 63.4 Å². The Morgan fingerprint density at radius 2 is 2.00 bits per heavy atom. The Bertz CT molecular complexity index is 1310. The first-order chi connectivity index (χ1) is 17.8. The van der Waals surface area contributed by atoms with Crippen LogP contribution in [0, 0.1) is 0 Å². The number of halogens is 4. The topological polar surface area (TPSA) is 144 Å². The standard InChI is InChI=1S/C23H29ClF3N7O3S/c1-13(2)38(35,36)20(28)18(12-29-3)32-21-16(24)11-31-22(34-21)33-17-5-4-15(14-6-8-30-9-7-14)10-19(17)37-23(25,26)27/h4-5,10-14,30H,6-9,28H2,1-3H3,(H2,31,32,33,34). The summed E-state index contributed by atoms with van der Waals surface area (Å²) in [4.78, 5) is 12.0. The molecule has 3 rings (SSSR count). The third-order valence-electron chi connectivity index (χ3n) is 5.74. The zero-order valence-electron chi connectivity index (χ0n) is 20.9. The van der Waals surface area contributed by atoms with Gasteiger partial charge in [0.05, 0.1) is 22.8 Å². The number of piperidine rings is 1. The third kappa shape index (κ3) is 7.48. The summed E-state index contributed by atoms with van der Waals surface area (Å²) >= 11 is 6.20. The number of ether oxygens (including phenoxy) is 1. The largest absolute Gasteiger partial charge is 0.573 e. The van der Waals surface area contributed by atoms with E-state index >= 15 is 0 Å². The molecule has 1 aliphatic rings. The fraction of sp³-hybridized carbons (Fsp3) is 0.435. The Kier molecular flexibility index (Phi) is 9.44. The van der Waals surface area contributed by atoms with Crippen molar-refractivity contribution in [3.8, 4) is 5.75 Å². The van der Waals surface area contributed by atoms with Crippen LogP contribution in [0.4, 0.5) is 30.6 Å². The van der Waals surface area contributed by atoms with Crippen LogP contribution in [0.1, 0.15) is 38.2 Å². The normalized spacial score (nSPS) is 16.0.